The Morgan fingerprint density at radius 2 is 2.12 bits per heavy atom. The number of nitrogens with zero attached hydrogens (tertiary/aromatic N) is 2. The van der Waals surface area contributed by atoms with Gasteiger partial charge in [-0.05, 0) is 41.1 Å². The zero-order valence-corrected chi connectivity index (χ0v) is 11.0. The second-order valence-electron chi connectivity index (χ2n) is 3.73. The lowest BCUT2D eigenvalue weighted by Gasteiger charge is -2.08. The molecule has 0 aliphatic rings. The number of halogens is 1. The van der Waals surface area contributed by atoms with Crippen molar-refractivity contribution in [2.24, 2.45) is 7.05 Å². The van der Waals surface area contributed by atoms with Gasteiger partial charge in [0.1, 0.15) is 0 Å². The van der Waals surface area contributed by atoms with E-state index < -0.39 is 0 Å². The monoisotopic (exact) mass is 279 g/mol. The first-order valence-electron chi connectivity index (χ1n) is 5.15. The van der Waals surface area contributed by atoms with E-state index in [1.807, 2.05) is 42.9 Å². The van der Waals surface area contributed by atoms with Gasteiger partial charge >= 0.3 is 0 Å². The molecule has 1 heterocycles. The number of para-hydroxylation sites is 1. The van der Waals surface area contributed by atoms with Gasteiger partial charge in [0, 0.05) is 17.2 Å². The summed E-state index contributed by atoms with van der Waals surface area (Å²) in [6, 6.07) is 10.2. The highest BCUT2D eigenvalue weighted by Gasteiger charge is 2.02. The normalized spacial score (nSPS) is 10.4. The molecule has 3 nitrogen and oxygen atoms in total. The van der Waals surface area contributed by atoms with E-state index >= 15 is 0 Å². The van der Waals surface area contributed by atoms with Crippen LogP contribution in [0, 0.1) is 6.92 Å². The molecule has 0 fully saturated rings. The molecule has 0 aliphatic carbocycles. The zero-order valence-electron chi connectivity index (χ0n) is 9.37. The van der Waals surface area contributed by atoms with Gasteiger partial charge in [0.2, 0.25) is 0 Å². The smallest absolute Gasteiger partial charge is 0.0597 e. The van der Waals surface area contributed by atoms with Crippen LogP contribution in [0.25, 0.3) is 0 Å². The first kappa shape index (κ1) is 11.2. The highest BCUT2D eigenvalue weighted by atomic mass is 79.9. The predicted molar refractivity (Wildman–Crippen MR) is 69.4 cm³/mol. The Morgan fingerprint density at radius 1 is 1.38 bits per heavy atom. The van der Waals surface area contributed by atoms with Crippen LogP contribution in [0.2, 0.25) is 0 Å². The molecule has 2 aromatic rings. The summed E-state index contributed by atoms with van der Waals surface area (Å²) in [5.74, 6) is 0. The van der Waals surface area contributed by atoms with Crippen LogP contribution in [0.4, 0.5) is 5.69 Å². The molecule has 2 rings (SSSR count). The Balaban J connectivity index is 2.08. The maximum atomic E-state index is 4.31. The van der Waals surface area contributed by atoms with Crippen LogP contribution in [-0.2, 0) is 13.6 Å². The average Bonchev–Trinajstić information content (AvgIpc) is 2.56. The van der Waals surface area contributed by atoms with Crippen molar-refractivity contribution >= 4 is 21.6 Å². The second kappa shape index (κ2) is 4.70. The van der Waals surface area contributed by atoms with Gasteiger partial charge in [-0.2, -0.15) is 5.10 Å². The first-order chi connectivity index (χ1) is 7.66. The van der Waals surface area contributed by atoms with Crippen LogP contribution in [0.1, 0.15) is 11.4 Å². The van der Waals surface area contributed by atoms with Crippen molar-refractivity contribution < 1.29 is 0 Å². The fourth-order valence-corrected chi connectivity index (χ4v) is 2.04. The molecule has 4 heteroatoms. The summed E-state index contributed by atoms with van der Waals surface area (Å²) in [5.41, 5.74) is 3.32. The Hall–Kier alpha value is -1.29. The number of anilines is 1. The Morgan fingerprint density at radius 3 is 2.75 bits per heavy atom. The lowest BCUT2D eigenvalue weighted by Crippen LogP contribution is -2.05. The number of aryl methyl sites for hydroxylation is 2. The van der Waals surface area contributed by atoms with Crippen LogP contribution < -0.4 is 5.32 Å². The summed E-state index contributed by atoms with van der Waals surface area (Å²) in [6.45, 7) is 2.78. The summed E-state index contributed by atoms with van der Waals surface area (Å²) in [4.78, 5) is 0. The summed E-state index contributed by atoms with van der Waals surface area (Å²) in [6.07, 6.45) is 0. The first-order valence-corrected chi connectivity index (χ1v) is 5.94. The predicted octanol–water partition coefficient (Wildman–Crippen LogP) is 3.10. The molecule has 0 spiro atoms. The minimum Gasteiger partial charge on any atom is -0.378 e. The molecule has 1 aromatic carbocycles. The maximum absolute atomic E-state index is 4.31. The van der Waals surface area contributed by atoms with E-state index in [1.54, 1.807) is 0 Å². The zero-order chi connectivity index (χ0) is 11.5. The molecule has 0 saturated carbocycles. The number of hydrogen-bond acceptors (Lipinski definition) is 2. The van der Waals surface area contributed by atoms with E-state index in [2.05, 4.69) is 32.4 Å². The molecule has 0 atom stereocenters. The van der Waals surface area contributed by atoms with Gasteiger partial charge in [0.25, 0.3) is 0 Å². The third-order valence-electron chi connectivity index (χ3n) is 2.43. The quantitative estimate of drug-likeness (QED) is 0.936. The molecular formula is C12H14BrN3. The van der Waals surface area contributed by atoms with Gasteiger partial charge in [-0.1, -0.05) is 12.1 Å². The molecule has 16 heavy (non-hydrogen) atoms. The molecule has 0 aliphatic heterocycles. The van der Waals surface area contributed by atoms with E-state index in [1.165, 1.54) is 5.69 Å². The van der Waals surface area contributed by atoms with Crippen LogP contribution in [0.3, 0.4) is 0 Å². The summed E-state index contributed by atoms with van der Waals surface area (Å²) in [5, 5.41) is 7.69. The van der Waals surface area contributed by atoms with E-state index in [0.717, 1.165) is 22.4 Å². The molecule has 84 valence electrons. The standard InChI is InChI=1S/C12H14BrN3/c1-9-7-10(16(2)15-9)8-14-12-6-4-3-5-11(12)13/h3-7,14H,8H2,1-2H3. The van der Waals surface area contributed by atoms with Crippen molar-refractivity contribution in [1.82, 2.24) is 9.78 Å². The van der Waals surface area contributed by atoms with Crippen LogP contribution in [-0.4, -0.2) is 9.78 Å². The lowest BCUT2D eigenvalue weighted by atomic mass is 10.3. The minimum atomic E-state index is 0.778. The number of aromatic nitrogens is 2. The van der Waals surface area contributed by atoms with Gasteiger partial charge in [-0.25, -0.2) is 0 Å². The number of benzene rings is 1. The fourth-order valence-electron chi connectivity index (χ4n) is 1.62. The van der Waals surface area contributed by atoms with Gasteiger partial charge in [-0.15, -0.1) is 0 Å². The van der Waals surface area contributed by atoms with Crippen LogP contribution in [0.15, 0.2) is 34.8 Å². The Bertz CT molecular complexity index is 491. The maximum Gasteiger partial charge on any atom is 0.0597 e. The highest BCUT2D eigenvalue weighted by Crippen LogP contribution is 2.21. The van der Waals surface area contributed by atoms with Crippen molar-refractivity contribution in [1.29, 1.82) is 0 Å². The van der Waals surface area contributed by atoms with E-state index in [4.69, 9.17) is 0 Å². The molecule has 0 bridgehead atoms. The lowest BCUT2D eigenvalue weighted by molar-refractivity contribution is 0.713. The van der Waals surface area contributed by atoms with Gasteiger partial charge < -0.3 is 5.32 Å². The van der Waals surface area contributed by atoms with Gasteiger partial charge in [0.05, 0.1) is 17.9 Å². The van der Waals surface area contributed by atoms with Crippen LogP contribution in [0.5, 0.6) is 0 Å². The molecule has 1 aromatic heterocycles. The van der Waals surface area contributed by atoms with Crippen molar-refractivity contribution in [2.75, 3.05) is 5.32 Å². The van der Waals surface area contributed by atoms with Crippen molar-refractivity contribution in [2.45, 2.75) is 13.5 Å². The average molecular weight is 280 g/mol. The highest BCUT2D eigenvalue weighted by molar-refractivity contribution is 9.10. The molecule has 0 radical (unpaired) electrons. The number of rotatable bonds is 3. The molecule has 0 saturated heterocycles. The number of hydrogen-bond donors (Lipinski definition) is 1. The van der Waals surface area contributed by atoms with E-state index in [9.17, 15) is 0 Å². The van der Waals surface area contributed by atoms with Crippen LogP contribution >= 0.6 is 15.9 Å². The van der Waals surface area contributed by atoms with Crippen molar-refractivity contribution in [3.63, 3.8) is 0 Å². The van der Waals surface area contributed by atoms with Gasteiger partial charge in [-0.3, -0.25) is 4.68 Å². The second-order valence-corrected chi connectivity index (χ2v) is 4.59. The van der Waals surface area contributed by atoms with E-state index in [-0.39, 0.29) is 0 Å². The molecule has 0 unspecified atom stereocenters. The van der Waals surface area contributed by atoms with Gasteiger partial charge in [0.15, 0.2) is 0 Å². The summed E-state index contributed by atoms with van der Waals surface area (Å²) < 4.78 is 2.98. The SMILES string of the molecule is Cc1cc(CNc2ccccc2Br)n(C)n1. The largest absolute Gasteiger partial charge is 0.378 e. The van der Waals surface area contributed by atoms with Crippen molar-refractivity contribution in [3.05, 3.63) is 46.2 Å². The Labute approximate surface area is 104 Å². The summed E-state index contributed by atoms with van der Waals surface area (Å²) >= 11 is 3.51. The molecule has 1 N–H and O–H groups in total. The topological polar surface area (TPSA) is 29.9 Å². The summed E-state index contributed by atoms with van der Waals surface area (Å²) in [7, 11) is 1.96. The third kappa shape index (κ3) is 2.44. The third-order valence-corrected chi connectivity index (χ3v) is 3.12. The van der Waals surface area contributed by atoms with E-state index in [0.29, 0.717) is 0 Å². The fraction of sp³-hybridized carbons (Fsp3) is 0.250. The van der Waals surface area contributed by atoms with Crippen molar-refractivity contribution in [3.8, 4) is 0 Å². The minimum absolute atomic E-state index is 0.778. The Kier molecular flexibility index (Phi) is 3.29. The molecule has 0 amide bonds. The molecular weight excluding hydrogens is 266 g/mol. The number of nitrogens with one attached hydrogen (secondary N) is 1.